The number of nitrogens with zero attached hydrogens (tertiary/aromatic N) is 2. The number of carbonyl (C=O) groups excluding carboxylic acids is 2. The molecule has 0 aromatic heterocycles. The average Bonchev–Trinajstić information content (AvgIpc) is 2.62. The Hall–Kier alpha value is -2.88. The van der Waals surface area contributed by atoms with Gasteiger partial charge in [0, 0.05) is 26.7 Å². The van der Waals surface area contributed by atoms with Crippen molar-refractivity contribution in [2.75, 3.05) is 7.05 Å². The number of hydrogen-bond acceptors (Lipinski definition) is 2. The summed E-state index contributed by atoms with van der Waals surface area (Å²) in [5.74, 6) is -0.0422. The summed E-state index contributed by atoms with van der Waals surface area (Å²) >= 11 is 0. The summed E-state index contributed by atoms with van der Waals surface area (Å²) < 4.78 is 0. The molecule has 1 heterocycles. The van der Waals surface area contributed by atoms with Gasteiger partial charge in [-0.15, -0.1) is 0 Å². The molecule has 0 saturated heterocycles. The summed E-state index contributed by atoms with van der Waals surface area (Å²) in [4.78, 5) is 28.1. The highest BCUT2D eigenvalue weighted by Gasteiger charge is 2.29. The molecule has 0 bridgehead atoms. The van der Waals surface area contributed by atoms with Crippen molar-refractivity contribution < 1.29 is 9.59 Å². The summed E-state index contributed by atoms with van der Waals surface area (Å²) in [7, 11) is 1.80. The quantitative estimate of drug-likeness (QED) is 0.857. The van der Waals surface area contributed by atoms with Gasteiger partial charge in [-0.25, -0.2) is 0 Å². The molecular formula is C21H22N2O2. The Labute approximate surface area is 148 Å². The van der Waals surface area contributed by atoms with Crippen molar-refractivity contribution in [2.45, 2.75) is 25.9 Å². The number of carbonyl (C=O) groups is 2. The number of rotatable bonds is 4. The van der Waals surface area contributed by atoms with Crippen molar-refractivity contribution in [3.63, 3.8) is 0 Å². The smallest absolute Gasteiger partial charge is 0.225 e. The number of amides is 2. The second-order valence-electron chi connectivity index (χ2n) is 6.33. The van der Waals surface area contributed by atoms with Crippen LogP contribution in [0.25, 0.3) is 6.08 Å². The minimum absolute atomic E-state index is 0.0187. The van der Waals surface area contributed by atoms with E-state index in [9.17, 15) is 9.59 Å². The molecule has 2 aromatic carbocycles. The average molecular weight is 334 g/mol. The van der Waals surface area contributed by atoms with E-state index < -0.39 is 0 Å². The van der Waals surface area contributed by atoms with Gasteiger partial charge in [0.25, 0.3) is 0 Å². The van der Waals surface area contributed by atoms with Crippen molar-refractivity contribution in [1.29, 1.82) is 0 Å². The Balaban J connectivity index is 1.78. The van der Waals surface area contributed by atoms with Gasteiger partial charge in [0.1, 0.15) is 0 Å². The lowest BCUT2D eigenvalue weighted by molar-refractivity contribution is -0.134. The van der Waals surface area contributed by atoms with E-state index >= 15 is 0 Å². The second-order valence-corrected chi connectivity index (χ2v) is 6.33. The summed E-state index contributed by atoms with van der Waals surface area (Å²) in [6, 6.07) is 17.5. The van der Waals surface area contributed by atoms with Gasteiger partial charge in [0.2, 0.25) is 11.8 Å². The summed E-state index contributed by atoms with van der Waals surface area (Å²) in [6.07, 6.45) is 3.97. The van der Waals surface area contributed by atoms with E-state index in [1.165, 1.54) is 6.92 Å². The molecule has 4 nitrogen and oxygen atoms in total. The van der Waals surface area contributed by atoms with Crippen LogP contribution < -0.4 is 0 Å². The van der Waals surface area contributed by atoms with Crippen molar-refractivity contribution in [1.82, 2.24) is 9.80 Å². The van der Waals surface area contributed by atoms with Gasteiger partial charge in [-0.05, 0) is 22.8 Å². The van der Waals surface area contributed by atoms with Gasteiger partial charge < -0.3 is 9.80 Å². The molecule has 4 heteroatoms. The van der Waals surface area contributed by atoms with E-state index in [4.69, 9.17) is 0 Å². The minimum Gasteiger partial charge on any atom is -0.341 e. The van der Waals surface area contributed by atoms with E-state index in [0.717, 1.165) is 16.7 Å². The number of benzene rings is 2. The standard InChI is InChI=1S/C21H22N2O2/c1-16(24)23-13-12-18-10-6-7-11-19(18)20(23)14-21(25)22(2)15-17-8-4-3-5-9-17/h3-13,20H,14-15H2,1-2H3/t20-/m1/s1. The van der Waals surface area contributed by atoms with Crippen LogP contribution in [0.4, 0.5) is 0 Å². The lowest BCUT2D eigenvalue weighted by Crippen LogP contribution is -2.35. The SMILES string of the molecule is CC(=O)N1C=Cc2ccccc2[C@H]1CC(=O)N(C)Cc1ccccc1. The molecule has 3 rings (SSSR count). The van der Waals surface area contributed by atoms with Crippen LogP contribution in [0.5, 0.6) is 0 Å². The molecule has 25 heavy (non-hydrogen) atoms. The van der Waals surface area contributed by atoms with Gasteiger partial charge in [-0.2, -0.15) is 0 Å². The van der Waals surface area contributed by atoms with Crippen LogP contribution in [0.15, 0.2) is 60.8 Å². The third-order valence-corrected chi connectivity index (χ3v) is 4.53. The van der Waals surface area contributed by atoms with Crippen LogP contribution in [0.1, 0.15) is 36.1 Å². The van der Waals surface area contributed by atoms with Crippen LogP contribution in [0, 0.1) is 0 Å². The van der Waals surface area contributed by atoms with Crippen LogP contribution in [-0.4, -0.2) is 28.7 Å². The van der Waals surface area contributed by atoms with Gasteiger partial charge in [-0.3, -0.25) is 9.59 Å². The van der Waals surface area contributed by atoms with Crippen molar-refractivity contribution >= 4 is 17.9 Å². The van der Waals surface area contributed by atoms with E-state index in [-0.39, 0.29) is 24.3 Å². The third kappa shape index (κ3) is 3.79. The van der Waals surface area contributed by atoms with Crippen LogP contribution in [0.3, 0.4) is 0 Å². The zero-order valence-electron chi connectivity index (χ0n) is 14.6. The van der Waals surface area contributed by atoms with Gasteiger partial charge in [0.15, 0.2) is 0 Å². The van der Waals surface area contributed by atoms with Crippen molar-refractivity contribution in [2.24, 2.45) is 0 Å². The van der Waals surface area contributed by atoms with E-state index in [0.29, 0.717) is 6.54 Å². The molecule has 0 spiro atoms. The first kappa shape index (κ1) is 17.0. The molecule has 1 aliphatic heterocycles. The maximum absolute atomic E-state index is 12.8. The first-order valence-corrected chi connectivity index (χ1v) is 8.40. The monoisotopic (exact) mass is 334 g/mol. The predicted molar refractivity (Wildman–Crippen MR) is 98.3 cm³/mol. The third-order valence-electron chi connectivity index (χ3n) is 4.53. The molecule has 0 radical (unpaired) electrons. The molecule has 0 saturated carbocycles. The summed E-state index contributed by atoms with van der Waals surface area (Å²) in [5, 5.41) is 0. The topological polar surface area (TPSA) is 40.6 Å². The first-order chi connectivity index (χ1) is 12.1. The van der Waals surface area contributed by atoms with Gasteiger partial charge in [0.05, 0.1) is 12.5 Å². The maximum Gasteiger partial charge on any atom is 0.225 e. The largest absolute Gasteiger partial charge is 0.341 e. The van der Waals surface area contributed by atoms with Crippen molar-refractivity contribution in [3.05, 3.63) is 77.5 Å². The Kier molecular flexibility index (Phi) is 4.98. The first-order valence-electron chi connectivity index (χ1n) is 8.40. The number of hydrogen-bond donors (Lipinski definition) is 0. The van der Waals surface area contributed by atoms with E-state index in [1.54, 1.807) is 23.0 Å². The maximum atomic E-state index is 12.8. The fourth-order valence-corrected chi connectivity index (χ4v) is 3.18. The van der Waals surface area contributed by atoms with Gasteiger partial charge >= 0.3 is 0 Å². The van der Waals surface area contributed by atoms with Crippen LogP contribution >= 0.6 is 0 Å². The number of fused-ring (bicyclic) bond motifs is 1. The molecule has 1 aliphatic rings. The predicted octanol–water partition coefficient (Wildman–Crippen LogP) is 3.61. The zero-order valence-corrected chi connectivity index (χ0v) is 14.6. The zero-order chi connectivity index (χ0) is 17.8. The molecule has 2 aromatic rings. The summed E-state index contributed by atoms with van der Waals surface area (Å²) in [6.45, 7) is 2.09. The molecule has 0 fully saturated rings. The highest BCUT2D eigenvalue weighted by atomic mass is 16.2. The van der Waals surface area contributed by atoms with Crippen LogP contribution in [-0.2, 0) is 16.1 Å². The fraction of sp³-hybridized carbons (Fsp3) is 0.238. The lowest BCUT2D eigenvalue weighted by atomic mass is 9.93. The minimum atomic E-state index is -0.260. The Morgan fingerprint density at radius 1 is 1.04 bits per heavy atom. The van der Waals surface area contributed by atoms with E-state index in [1.807, 2.05) is 60.7 Å². The molecule has 0 unspecified atom stereocenters. The molecule has 1 atom stereocenters. The highest BCUT2D eigenvalue weighted by Crippen LogP contribution is 2.33. The van der Waals surface area contributed by atoms with Crippen molar-refractivity contribution in [3.8, 4) is 0 Å². The normalized spacial score (nSPS) is 15.6. The Bertz CT molecular complexity index is 799. The highest BCUT2D eigenvalue weighted by molar-refractivity contribution is 5.81. The second kappa shape index (κ2) is 7.34. The summed E-state index contributed by atoms with van der Waals surface area (Å²) in [5.41, 5.74) is 3.16. The van der Waals surface area contributed by atoms with Crippen LogP contribution in [0.2, 0.25) is 0 Å². The molecule has 2 amide bonds. The van der Waals surface area contributed by atoms with E-state index in [2.05, 4.69) is 0 Å². The Morgan fingerprint density at radius 2 is 1.72 bits per heavy atom. The molecular weight excluding hydrogens is 312 g/mol. The molecule has 0 aliphatic carbocycles. The Morgan fingerprint density at radius 3 is 2.44 bits per heavy atom. The fourth-order valence-electron chi connectivity index (χ4n) is 3.18. The molecule has 128 valence electrons. The van der Waals surface area contributed by atoms with Gasteiger partial charge in [-0.1, -0.05) is 54.6 Å². The molecule has 0 N–H and O–H groups in total. The lowest BCUT2D eigenvalue weighted by Gasteiger charge is -2.33.